The van der Waals surface area contributed by atoms with Gasteiger partial charge in [-0.05, 0) is 42.3 Å². The van der Waals surface area contributed by atoms with Crippen molar-refractivity contribution in [2.75, 3.05) is 17.7 Å². The summed E-state index contributed by atoms with van der Waals surface area (Å²) in [7, 11) is 1.62. The van der Waals surface area contributed by atoms with Crippen molar-refractivity contribution >= 4 is 23.2 Å². The fourth-order valence-electron chi connectivity index (χ4n) is 2.46. The number of nitrogens with zero attached hydrogens (tertiary/aromatic N) is 2. The first-order chi connectivity index (χ1) is 12.7. The molecule has 0 unspecified atom stereocenters. The van der Waals surface area contributed by atoms with Gasteiger partial charge in [-0.2, -0.15) is 0 Å². The summed E-state index contributed by atoms with van der Waals surface area (Å²) >= 11 is 0. The molecule has 1 heterocycles. The van der Waals surface area contributed by atoms with Gasteiger partial charge in [-0.25, -0.2) is 9.97 Å². The first kappa shape index (κ1) is 17.4. The summed E-state index contributed by atoms with van der Waals surface area (Å²) in [5.41, 5.74) is 3.12. The summed E-state index contributed by atoms with van der Waals surface area (Å²) in [6.45, 7) is 2.05. The molecule has 6 heteroatoms. The highest BCUT2D eigenvalue weighted by atomic mass is 16.5. The van der Waals surface area contributed by atoms with E-state index in [0.717, 1.165) is 29.1 Å². The fourth-order valence-corrected chi connectivity index (χ4v) is 2.46. The Labute approximate surface area is 152 Å². The molecule has 0 saturated heterocycles. The average molecular weight is 348 g/mol. The fraction of sp³-hybridized carbons (Fsp3) is 0.150. The lowest BCUT2D eigenvalue weighted by molar-refractivity contribution is 0.102. The molecule has 0 aliphatic heterocycles. The second kappa shape index (κ2) is 8.11. The van der Waals surface area contributed by atoms with Crippen LogP contribution in [0, 0.1) is 0 Å². The molecule has 2 N–H and O–H groups in total. The van der Waals surface area contributed by atoms with E-state index in [9.17, 15) is 4.79 Å². The van der Waals surface area contributed by atoms with Crippen molar-refractivity contribution in [2.24, 2.45) is 0 Å². The van der Waals surface area contributed by atoms with Gasteiger partial charge in [0.05, 0.1) is 12.7 Å². The molecule has 0 radical (unpaired) electrons. The van der Waals surface area contributed by atoms with Crippen LogP contribution in [0.25, 0.3) is 0 Å². The van der Waals surface area contributed by atoms with Crippen LogP contribution >= 0.6 is 0 Å². The standard InChI is InChI=1S/C20H20N4O2/c1-3-14-6-4-5-7-18(14)24-19(25)15-12-21-20(22-13-15)23-16-8-10-17(26-2)11-9-16/h4-13H,3H2,1-2H3,(H,24,25)(H,21,22,23). The summed E-state index contributed by atoms with van der Waals surface area (Å²) in [6, 6.07) is 15.1. The second-order valence-corrected chi connectivity index (χ2v) is 5.61. The number of carbonyl (C=O) groups is 1. The molecule has 1 aromatic heterocycles. The molecule has 6 nitrogen and oxygen atoms in total. The number of aromatic nitrogens is 2. The van der Waals surface area contributed by atoms with Gasteiger partial charge in [0.2, 0.25) is 5.95 Å². The van der Waals surface area contributed by atoms with Gasteiger partial charge in [-0.3, -0.25) is 4.79 Å². The summed E-state index contributed by atoms with van der Waals surface area (Å²) in [5, 5.41) is 5.99. The van der Waals surface area contributed by atoms with Crippen molar-refractivity contribution in [3.05, 3.63) is 72.1 Å². The van der Waals surface area contributed by atoms with E-state index < -0.39 is 0 Å². The van der Waals surface area contributed by atoms with E-state index in [2.05, 4.69) is 20.6 Å². The number of hydrogen-bond acceptors (Lipinski definition) is 5. The number of para-hydroxylation sites is 1. The van der Waals surface area contributed by atoms with Crippen molar-refractivity contribution in [1.82, 2.24) is 9.97 Å². The predicted octanol–water partition coefficient (Wildman–Crippen LogP) is 4.04. The number of rotatable bonds is 6. The smallest absolute Gasteiger partial charge is 0.258 e. The van der Waals surface area contributed by atoms with Crippen LogP contribution in [-0.4, -0.2) is 23.0 Å². The minimum absolute atomic E-state index is 0.234. The van der Waals surface area contributed by atoms with Gasteiger partial charge < -0.3 is 15.4 Å². The molecule has 0 atom stereocenters. The monoisotopic (exact) mass is 348 g/mol. The second-order valence-electron chi connectivity index (χ2n) is 5.61. The molecule has 132 valence electrons. The van der Waals surface area contributed by atoms with Gasteiger partial charge in [0, 0.05) is 23.8 Å². The summed E-state index contributed by atoms with van der Waals surface area (Å²) < 4.78 is 5.12. The third kappa shape index (κ3) is 4.16. The summed E-state index contributed by atoms with van der Waals surface area (Å²) in [4.78, 5) is 20.8. The quantitative estimate of drug-likeness (QED) is 0.703. The van der Waals surface area contributed by atoms with Gasteiger partial charge >= 0.3 is 0 Å². The zero-order valence-electron chi connectivity index (χ0n) is 14.7. The number of amides is 1. The van der Waals surface area contributed by atoms with Crippen LogP contribution in [0.1, 0.15) is 22.8 Å². The van der Waals surface area contributed by atoms with Gasteiger partial charge in [-0.15, -0.1) is 0 Å². The molecule has 0 aliphatic rings. The average Bonchev–Trinajstić information content (AvgIpc) is 2.69. The number of aryl methyl sites for hydroxylation is 1. The van der Waals surface area contributed by atoms with Crippen molar-refractivity contribution < 1.29 is 9.53 Å². The van der Waals surface area contributed by atoms with Crippen molar-refractivity contribution in [2.45, 2.75) is 13.3 Å². The van der Waals surface area contributed by atoms with Crippen LogP contribution in [0.3, 0.4) is 0 Å². The number of anilines is 3. The molecule has 1 amide bonds. The third-order valence-electron chi connectivity index (χ3n) is 3.91. The largest absolute Gasteiger partial charge is 0.497 e. The zero-order chi connectivity index (χ0) is 18.4. The predicted molar refractivity (Wildman–Crippen MR) is 102 cm³/mol. The van der Waals surface area contributed by atoms with Crippen molar-refractivity contribution in [3.63, 3.8) is 0 Å². The van der Waals surface area contributed by atoms with E-state index in [-0.39, 0.29) is 5.91 Å². The molecule has 0 saturated carbocycles. The molecule has 0 bridgehead atoms. The van der Waals surface area contributed by atoms with Crippen LogP contribution in [0.5, 0.6) is 5.75 Å². The van der Waals surface area contributed by atoms with E-state index in [1.54, 1.807) is 7.11 Å². The molecule has 0 fully saturated rings. The summed E-state index contributed by atoms with van der Waals surface area (Å²) in [6.07, 6.45) is 3.85. The normalized spacial score (nSPS) is 10.2. The lowest BCUT2D eigenvalue weighted by atomic mass is 10.1. The number of methoxy groups -OCH3 is 1. The van der Waals surface area contributed by atoms with Gasteiger partial charge in [0.15, 0.2) is 0 Å². The molecule has 0 spiro atoms. The Morgan fingerprint density at radius 3 is 2.38 bits per heavy atom. The van der Waals surface area contributed by atoms with E-state index in [1.807, 2.05) is 55.5 Å². The van der Waals surface area contributed by atoms with E-state index >= 15 is 0 Å². The van der Waals surface area contributed by atoms with E-state index in [4.69, 9.17) is 4.74 Å². The molecule has 0 aliphatic carbocycles. The minimum atomic E-state index is -0.234. The highest BCUT2D eigenvalue weighted by Gasteiger charge is 2.10. The molecule has 26 heavy (non-hydrogen) atoms. The SMILES string of the molecule is CCc1ccccc1NC(=O)c1cnc(Nc2ccc(OC)cc2)nc1. The van der Waals surface area contributed by atoms with Crippen molar-refractivity contribution in [3.8, 4) is 5.75 Å². The Morgan fingerprint density at radius 2 is 1.73 bits per heavy atom. The Balaban J connectivity index is 1.67. The minimum Gasteiger partial charge on any atom is -0.497 e. The Morgan fingerprint density at radius 1 is 1.04 bits per heavy atom. The Kier molecular flexibility index (Phi) is 5.43. The first-order valence-corrected chi connectivity index (χ1v) is 8.32. The molecular formula is C20H20N4O2. The van der Waals surface area contributed by atoms with Crippen LogP contribution in [0.2, 0.25) is 0 Å². The number of nitrogens with one attached hydrogen (secondary N) is 2. The lowest BCUT2D eigenvalue weighted by Gasteiger charge is -2.10. The maximum absolute atomic E-state index is 12.4. The van der Waals surface area contributed by atoms with Gasteiger partial charge in [0.25, 0.3) is 5.91 Å². The maximum atomic E-state index is 12.4. The van der Waals surface area contributed by atoms with E-state index in [0.29, 0.717) is 11.5 Å². The highest BCUT2D eigenvalue weighted by molar-refractivity contribution is 6.04. The maximum Gasteiger partial charge on any atom is 0.258 e. The summed E-state index contributed by atoms with van der Waals surface area (Å²) in [5.74, 6) is 0.957. The Bertz CT molecular complexity index is 877. The van der Waals surface area contributed by atoms with E-state index in [1.165, 1.54) is 12.4 Å². The third-order valence-corrected chi connectivity index (χ3v) is 3.91. The van der Waals surface area contributed by atoms with Gasteiger partial charge in [-0.1, -0.05) is 25.1 Å². The number of hydrogen-bond donors (Lipinski definition) is 2. The van der Waals surface area contributed by atoms with Crippen molar-refractivity contribution in [1.29, 1.82) is 0 Å². The van der Waals surface area contributed by atoms with Crippen LogP contribution in [0.15, 0.2) is 60.9 Å². The highest BCUT2D eigenvalue weighted by Crippen LogP contribution is 2.19. The molecule has 3 aromatic rings. The molecular weight excluding hydrogens is 328 g/mol. The first-order valence-electron chi connectivity index (χ1n) is 8.32. The number of benzene rings is 2. The van der Waals surface area contributed by atoms with Gasteiger partial charge in [0.1, 0.15) is 5.75 Å². The molecule has 2 aromatic carbocycles. The lowest BCUT2D eigenvalue weighted by Crippen LogP contribution is -2.14. The molecule has 3 rings (SSSR count). The zero-order valence-corrected chi connectivity index (χ0v) is 14.7. The number of ether oxygens (including phenoxy) is 1. The Hall–Kier alpha value is -3.41. The number of carbonyl (C=O) groups excluding carboxylic acids is 1. The van der Waals surface area contributed by atoms with Crippen LogP contribution < -0.4 is 15.4 Å². The van der Waals surface area contributed by atoms with Crippen LogP contribution in [-0.2, 0) is 6.42 Å². The van der Waals surface area contributed by atoms with Crippen LogP contribution in [0.4, 0.5) is 17.3 Å². The topological polar surface area (TPSA) is 76.1 Å².